The molecule has 0 saturated heterocycles. The first-order chi connectivity index (χ1) is 10.0. The van der Waals surface area contributed by atoms with Crippen molar-refractivity contribution in [2.45, 2.75) is 19.3 Å². The molecule has 4 rings (SSSR count). The molecule has 0 aliphatic carbocycles. The van der Waals surface area contributed by atoms with Gasteiger partial charge in [0.05, 0.1) is 0 Å². The van der Waals surface area contributed by atoms with Gasteiger partial charge in [0.2, 0.25) is 4.96 Å². The summed E-state index contributed by atoms with van der Waals surface area (Å²) < 4.78 is 39.1. The van der Waals surface area contributed by atoms with E-state index in [-0.39, 0.29) is 4.96 Å². The number of rotatable bonds is 1. The van der Waals surface area contributed by atoms with Gasteiger partial charge < -0.3 is 5.32 Å². The molecule has 21 heavy (non-hydrogen) atoms. The first-order valence-corrected chi connectivity index (χ1v) is 6.96. The summed E-state index contributed by atoms with van der Waals surface area (Å²) in [4.78, 5) is 0.135. The second-order valence-corrected chi connectivity index (χ2v) is 5.67. The Bertz CT molecular complexity index is 835. The van der Waals surface area contributed by atoms with Gasteiger partial charge in [-0.2, -0.15) is 22.8 Å². The smallest absolute Gasteiger partial charge is 0.309 e. The second-order valence-electron chi connectivity index (χ2n) is 4.71. The van der Waals surface area contributed by atoms with Crippen LogP contribution in [0.15, 0.2) is 18.2 Å². The number of nitrogens with zero attached hydrogens (tertiary/aromatic N) is 4. The first kappa shape index (κ1) is 12.7. The van der Waals surface area contributed by atoms with E-state index in [1.54, 1.807) is 0 Å². The molecule has 0 amide bonds. The molecule has 2 aromatic heterocycles. The Morgan fingerprint density at radius 2 is 1.95 bits per heavy atom. The Hall–Kier alpha value is -2.00. The molecule has 0 atom stereocenters. The van der Waals surface area contributed by atoms with Crippen LogP contribution in [0.25, 0.3) is 15.5 Å². The molecule has 0 saturated carbocycles. The van der Waals surface area contributed by atoms with E-state index in [4.69, 9.17) is 0 Å². The van der Waals surface area contributed by atoms with E-state index in [1.807, 2.05) is 18.2 Å². The molecule has 0 spiro atoms. The first-order valence-electron chi connectivity index (χ1n) is 6.15. The van der Waals surface area contributed by atoms with Gasteiger partial charge in [0.25, 0.3) is 5.82 Å². The van der Waals surface area contributed by atoms with Crippen LogP contribution in [0.4, 0.5) is 13.2 Å². The highest BCUT2D eigenvalue weighted by Crippen LogP contribution is 2.32. The molecule has 5 nitrogen and oxygen atoms in total. The zero-order valence-electron chi connectivity index (χ0n) is 10.5. The highest BCUT2D eigenvalue weighted by Gasteiger charge is 2.38. The van der Waals surface area contributed by atoms with Crippen LogP contribution >= 0.6 is 11.3 Å². The fraction of sp³-hybridized carbons (Fsp3) is 0.250. The summed E-state index contributed by atoms with van der Waals surface area (Å²) in [5, 5.41) is 14.4. The zero-order chi connectivity index (χ0) is 14.6. The van der Waals surface area contributed by atoms with E-state index in [0.29, 0.717) is 5.01 Å². The Morgan fingerprint density at radius 3 is 2.76 bits per heavy atom. The van der Waals surface area contributed by atoms with Crippen molar-refractivity contribution < 1.29 is 13.2 Å². The highest BCUT2D eigenvalue weighted by atomic mass is 32.1. The van der Waals surface area contributed by atoms with Gasteiger partial charge in [0.1, 0.15) is 5.01 Å². The predicted octanol–water partition coefficient (Wildman–Crippen LogP) is 2.47. The van der Waals surface area contributed by atoms with E-state index in [2.05, 4.69) is 20.6 Å². The second kappa shape index (κ2) is 4.25. The zero-order valence-corrected chi connectivity index (χ0v) is 11.3. The molecule has 0 unspecified atom stereocenters. The van der Waals surface area contributed by atoms with Gasteiger partial charge in [-0.05, 0) is 17.2 Å². The van der Waals surface area contributed by atoms with Crippen molar-refractivity contribution in [3.05, 3.63) is 35.2 Å². The lowest BCUT2D eigenvalue weighted by Crippen LogP contribution is -2.11. The molecule has 3 heterocycles. The maximum absolute atomic E-state index is 12.8. The lowest BCUT2D eigenvalue weighted by atomic mass is 10.1. The molecule has 0 radical (unpaired) electrons. The van der Waals surface area contributed by atoms with Crippen molar-refractivity contribution in [3.8, 4) is 10.6 Å². The van der Waals surface area contributed by atoms with E-state index < -0.39 is 12.0 Å². The molecule has 0 fully saturated rings. The van der Waals surface area contributed by atoms with Gasteiger partial charge in [0, 0.05) is 18.7 Å². The summed E-state index contributed by atoms with van der Waals surface area (Å²) in [6.07, 6.45) is -4.56. The van der Waals surface area contributed by atoms with Crippen LogP contribution in [0.5, 0.6) is 0 Å². The van der Waals surface area contributed by atoms with E-state index in [0.717, 1.165) is 40.1 Å². The number of nitrogens with one attached hydrogen (secondary N) is 1. The van der Waals surface area contributed by atoms with Crippen LogP contribution in [-0.4, -0.2) is 19.8 Å². The molecule has 3 aromatic rings. The summed E-state index contributed by atoms with van der Waals surface area (Å²) in [7, 11) is 0. The molecule has 108 valence electrons. The normalized spacial score (nSPS) is 14.8. The average molecular weight is 311 g/mol. The number of fused-ring (bicyclic) bond motifs is 2. The minimum absolute atomic E-state index is 0.135. The molecule has 1 aliphatic rings. The third-order valence-corrected chi connectivity index (χ3v) is 4.28. The molecule has 1 aliphatic heterocycles. The summed E-state index contributed by atoms with van der Waals surface area (Å²) >= 11 is 1.09. The van der Waals surface area contributed by atoms with Crippen molar-refractivity contribution in [1.29, 1.82) is 0 Å². The summed E-state index contributed by atoms with van der Waals surface area (Å²) in [6.45, 7) is 1.58. The molecular formula is C12H8F3N5S. The highest BCUT2D eigenvalue weighted by molar-refractivity contribution is 7.19. The van der Waals surface area contributed by atoms with Crippen LogP contribution in [0, 0.1) is 0 Å². The summed E-state index contributed by atoms with van der Waals surface area (Å²) in [6, 6.07) is 5.79. The minimum atomic E-state index is -4.56. The maximum Gasteiger partial charge on any atom is 0.453 e. The van der Waals surface area contributed by atoms with Gasteiger partial charge in [0.15, 0.2) is 0 Å². The Morgan fingerprint density at radius 1 is 1.14 bits per heavy atom. The summed E-state index contributed by atoms with van der Waals surface area (Å²) in [5.41, 5.74) is 3.15. The molecule has 1 N–H and O–H groups in total. The van der Waals surface area contributed by atoms with Crippen molar-refractivity contribution in [1.82, 2.24) is 25.1 Å². The third-order valence-electron chi connectivity index (χ3n) is 3.33. The van der Waals surface area contributed by atoms with Gasteiger partial charge >= 0.3 is 6.18 Å². The van der Waals surface area contributed by atoms with E-state index >= 15 is 0 Å². The quantitative estimate of drug-likeness (QED) is 0.750. The standard InChI is InChI=1S/C12H8F3N5S/c13-12(14,15)10-17-18-11-20(10)19-9(21-11)6-1-2-7-4-16-5-8(7)3-6/h1-3,16H,4-5H2. The number of benzene rings is 1. The number of halogens is 3. The Labute approximate surface area is 120 Å². The van der Waals surface area contributed by atoms with Crippen LogP contribution < -0.4 is 5.32 Å². The number of hydrogen-bond donors (Lipinski definition) is 1. The largest absolute Gasteiger partial charge is 0.453 e. The Balaban J connectivity index is 1.82. The molecule has 0 bridgehead atoms. The molecular weight excluding hydrogens is 303 g/mol. The average Bonchev–Trinajstić information content (AvgIpc) is 3.10. The Kier molecular flexibility index (Phi) is 2.57. The topological polar surface area (TPSA) is 55.1 Å². The minimum Gasteiger partial charge on any atom is -0.309 e. The van der Waals surface area contributed by atoms with Crippen LogP contribution in [0.2, 0.25) is 0 Å². The fourth-order valence-corrected chi connectivity index (χ4v) is 3.17. The lowest BCUT2D eigenvalue weighted by Gasteiger charge is -2.01. The summed E-state index contributed by atoms with van der Waals surface area (Å²) in [5.74, 6) is -1.09. The van der Waals surface area contributed by atoms with Gasteiger partial charge in [-0.15, -0.1) is 10.2 Å². The van der Waals surface area contributed by atoms with E-state index in [9.17, 15) is 13.2 Å². The lowest BCUT2D eigenvalue weighted by molar-refractivity contribution is -0.146. The fourth-order valence-electron chi connectivity index (χ4n) is 2.34. The van der Waals surface area contributed by atoms with Crippen LogP contribution in [0.1, 0.15) is 17.0 Å². The van der Waals surface area contributed by atoms with Crippen molar-refractivity contribution in [2.75, 3.05) is 0 Å². The number of hydrogen-bond acceptors (Lipinski definition) is 5. The number of aromatic nitrogens is 4. The molecule has 1 aromatic carbocycles. The van der Waals surface area contributed by atoms with Gasteiger partial charge in [-0.25, -0.2) is 0 Å². The SMILES string of the molecule is FC(F)(F)c1nnc2sc(-c3ccc4c(c3)CNC4)nn12. The third kappa shape index (κ3) is 2.00. The van der Waals surface area contributed by atoms with E-state index in [1.165, 1.54) is 5.56 Å². The van der Waals surface area contributed by atoms with Gasteiger partial charge in [-0.3, -0.25) is 0 Å². The van der Waals surface area contributed by atoms with Crippen LogP contribution in [0.3, 0.4) is 0 Å². The monoisotopic (exact) mass is 311 g/mol. The predicted molar refractivity (Wildman–Crippen MR) is 69.6 cm³/mol. The van der Waals surface area contributed by atoms with Crippen molar-refractivity contribution >= 4 is 16.3 Å². The van der Waals surface area contributed by atoms with Gasteiger partial charge in [-0.1, -0.05) is 23.5 Å². The maximum atomic E-state index is 12.8. The van der Waals surface area contributed by atoms with Crippen LogP contribution in [-0.2, 0) is 19.3 Å². The molecule has 9 heteroatoms. The number of alkyl halides is 3. The van der Waals surface area contributed by atoms with Crippen molar-refractivity contribution in [3.63, 3.8) is 0 Å². The van der Waals surface area contributed by atoms with Crippen molar-refractivity contribution in [2.24, 2.45) is 0 Å².